The first kappa shape index (κ1) is 21.7. The van der Waals surface area contributed by atoms with Gasteiger partial charge in [0.1, 0.15) is 5.75 Å². The van der Waals surface area contributed by atoms with Gasteiger partial charge in [0.2, 0.25) is 0 Å². The molecular weight excluding hydrogens is 404 g/mol. The van der Waals surface area contributed by atoms with E-state index in [0.717, 1.165) is 38.0 Å². The number of benzene rings is 3. The fraction of sp³-hybridized carbons (Fsp3) is 0.333. The van der Waals surface area contributed by atoms with E-state index in [2.05, 4.69) is 60.4 Å². The molecule has 1 aliphatic heterocycles. The summed E-state index contributed by atoms with van der Waals surface area (Å²) in [5, 5.41) is 10.3. The molecule has 3 nitrogen and oxygen atoms in total. The van der Waals surface area contributed by atoms with Crippen LogP contribution in [0.5, 0.6) is 5.75 Å². The van der Waals surface area contributed by atoms with Crippen molar-refractivity contribution in [3.8, 4) is 5.75 Å². The molecule has 1 saturated heterocycles. The van der Waals surface area contributed by atoms with Gasteiger partial charge in [0.05, 0.1) is 0 Å². The van der Waals surface area contributed by atoms with Gasteiger partial charge >= 0.3 is 0 Å². The summed E-state index contributed by atoms with van der Waals surface area (Å²) in [4.78, 5) is 2.69. The number of nitrogen functional groups attached to an aromatic ring is 1. The Hall–Kier alpha value is -2.49. The van der Waals surface area contributed by atoms with Crippen LogP contribution in [0, 0.1) is 5.92 Å². The minimum atomic E-state index is -0.0318. The molecule has 2 bridgehead atoms. The number of nitrogens with two attached hydrogens (primary N) is 1. The number of piperidine rings is 1. The first-order valence-corrected chi connectivity index (χ1v) is 11.0. The number of rotatable bonds is 4. The van der Waals surface area contributed by atoms with Crippen LogP contribution in [-0.2, 0) is 18.3 Å². The average molecular weight is 435 g/mol. The Morgan fingerprint density at radius 2 is 1.77 bits per heavy atom. The molecule has 1 heterocycles. The van der Waals surface area contributed by atoms with Crippen LogP contribution in [0.1, 0.15) is 35.6 Å². The summed E-state index contributed by atoms with van der Waals surface area (Å²) in [5.74, 6) is 0.856. The van der Waals surface area contributed by atoms with Crippen LogP contribution in [0.3, 0.4) is 0 Å². The monoisotopic (exact) mass is 434 g/mol. The van der Waals surface area contributed by atoms with Crippen molar-refractivity contribution in [2.75, 3.05) is 18.8 Å². The lowest BCUT2D eigenvalue weighted by molar-refractivity contribution is 0.0418. The zero-order valence-electron chi connectivity index (χ0n) is 18.0. The molecule has 3 aromatic carbocycles. The number of nitrogens with zero attached hydrogens (tertiary/aromatic N) is 1. The van der Waals surface area contributed by atoms with Crippen molar-refractivity contribution in [2.24, 2.45) is 5.92 Å². The zero-order valence-corrected chi connectivity index (χ0v) is 18.8. The molecule has 31 heavy (non-hydrogen) atoms. The van der Waals surface area contributed by atoms with Crippen LogP contribution in [-0.4, -0.2) is 29.1 Å². The molecule has 1 fully saturated rings. The molecule has 3 unspecified atom stereocenters. The maximum Gasteiger partial charge on any atom is 0.115 e. The van der Waals surface area contributed by atoms with Crippen LogP contribution in [0.2, 0.25) is 0 Å². The summed E-state index contributed by atoms with van der Waals surface area (Å²) in [6.45, 7) is 4.56. The second kappa shape index (κ2) is 8.57. The minimum absolute atomic E-state index is 0. The summed E-state index contributed by atoms with van der Waals surface area (Å²) in [6.07, 6.45) is 3.17. The summed E-state index contributed by atoms with van der Waals surface area (Å²) in [5.41, 5.74) is 12.1. The van der Waals surface area contributed by atoms with Crippen molar-refractivity contribution in [3.05, 3.63) is 95.1 Å². The Balaban J connectivity index is 0.00000231. The summed E-state index contributed by atoms with van der Waals surface area (Å²) >= 11 is 0. The number of phenols is 1. The molecular formula is C27H31ClN2O. The number of hydrogen-bond acceptors (Lipinski definition) is 3. The van der Waals surface area contributed by atoms with Gasteiger partial charge in [-0.15, -0.1) is 12.4 Å². The molecule has 0 aromatic heterocycles. The maximum atomic E-state index is 10.3. The van der Waals surface area contributed by atoms with Crippen molar-refractivity contribution >= 4 is 18.1 Å². The highest BCUT2D eigenvalue weighted by atomic mass is 35.5. The predicted molar refractivity (Wildman–Crippen MR) is 130 cm³/mol. The van der Waals surface area contributed by atoms with E-state index in [4.69, 9.17) is 5.73 Å². The Morgan fingerprint density at radius 3 is 2.52 bits per heavy atom. The molecule has 0 radical (unpaired) electrons. The smallest absolute Gasteiger partial charge is 0.115 e. The van der Waals surface area contributed by atoms with Gasteiger partial charge in [-0.25, -0.2) is 0 Å². The summed E-state index contributed by atoms with van der Waals surface area (Å²) in [6, 6.07) is 25.8. The maximum absolute atomic E-state index is 10.3. The molecule has 0 amide bonds. The number of aromatic hydroxyl groups is 1. The number of likely N-dealkylation sites (tertiary alicyclic amines) is 1. The zero-order chi connectivity index (χ0) is 20.7. The lowest BCUT2D eigenvalue weighted by atomic mass is 9.55. The topological polar surface area (TPSA) is 49.5 Å². The summed E-state index contributed by atoms with van der Waals surface area (Å²) in [7, 11) is 0. The second-order valence-electron chi connectivity index (χ2n) is 9.02. The Bertz CT molecular complexity index is 1040. The molecule has 1 aliphatic carbocycles. The first-order valence-electron chi connectivity index (χ1n) is 11.0. The standard InChI is InChI=1S/C27H30N2O.ClH/c1-19-26-17-21-9-12-24(30)18-25(21)27(19,22-5-3-2-4-6-22)14-16-29(26)15-13-20-7-10-23(28)11-8-20;/h2-12,18-19,26,30H,13-17,28H2,1H3;1H. The molecule has 3 atom stereocenters. The van der Waals surface area contributed by atoms with Crippen molar-refractivity contribution in [3.63, 3.8) is 0 Å². The van der Waals surface area contributed by atoms with Crippen LogP contribution in [0.4, 0.5) is 5.69 Å². The van der Waals surface area contributed by atoms with E-state index in [9.17, 15) is 5.11 Å². The van der Waals surface area contributed by atoms with Crippen molar-refractivity contribution in [1.29, 1.82) is 0 Å². The van der Waals surface area contributed by atoms with Gasteiger partial charge in [-0.05, 0) is 78.2 Å². The third-order valence-corrected chi connectivity index (χ3v) is 7.58. The SMILES string of the molecule is CC1C2Cc3ccc(O)cc3C1(c1ccccc1)CCN2CCc1ccc(N)cc1.Cl. The van der Waals surface area contributed by atoms with Crippen molar-refractivity contribution in [2.45, 2.75) is 37.6 Å². The van der Waals surface area contributed by atoms with E-state index < -0.39 is 0 Å². The van der Waals surface area contributed by atoms with Gasteiger partial charge in [-0.2, -0.15) is 0 Å². The number of fused-ring (bicyclic) bond motifs is 4. The normalized spacial score (nSPS) is 24.8. The van der Waals surface area contributed by atoms with Gasteiger partial charge in [0.25, 0.3) is 0 Å². The molecule has 0 saturated carbocycles. The molecule has 5 rings (SSSR count). The van der Waals surface area contributed by atoms with Crippen LogP contribution < -0.4 is 5.73 Å². The number of phenolic OH excluding ortho intramolecular Hbond substituents is 1. The minimum Gasteiger partial charge on any atom is -0.508 e. The average Bonchev–Trinajstić information content (AvgIpc) is 2.76. The van der Waals surface area contributed by atoms with E-state index in [0.29, 0.717) is 17.7 Å². The predicted octanol–water partition coefficient (Wildman–Crippen LogP) is 5.19. The van der Waals surface area contributed by atoms with E-state index in [1.807, 2.05) is 24.3 Å². The third kappa shape index (κ3) is 3.71. The van der Waals surface area contributed by atoms with Crippen molar-refractivity contribution < 1.29 is 5.11 Å². The van der Waals surface area contributed by atoms with Crippen LogP contribution >= 0.6 is 12.4 Å². The lowest BCUT2D eigenvalue weighted by Crippen LogP contribution is -2.59. The largest absolute Gasteiger partial charge is 0.508 e. The van der Waals surface area contributed by atoms with Gasteiger partial charge in [0, 0.05) is 23.7 Å². The molecule has 2 aliphatic rings. The molecule has 3 N–H and O–H groups in total. The highest BCUT2D eigenvalue weighted by molar-refractivity contribution is 5.85. The van der Waals surface area contributed by atoms with Gasteiger partial charge < -0.3 is 10.8 Å². The molecule has 0 spiro atoms. The van der Waals surface area contributed by atoms with E-state index in [-0.39, 0.29) is 17.8 Å². The van der Waals surface area contributed by atoms with Gasteiger partial charge in [0.15, 0.2) is 0 Å². The molecule has 4 heteroatoms. The van der Waals surface area contributed by atoms with E-state index in [1.54, 1.807) is 0 Å². The number of anilines is 1. The Labute approximate surface area is 191 Å². The van der Waals surface area contributed by atoms with E-state index in [1.165, 1.54) is 22.3 Å². The quantitative estimate of drug-likeness (QED) is 0.555. The first-order chi connectivity index (χ1) is 14.6. The summed E-state index contributed by atoms with van der Waals surface area (Å²) < 4.78 is 0. The second-order valence-corrected chi connectivity index (χ2v) is 9.02. The lowest BCUT2D eigenvalue weighted by Gasteiger charge is -2.56. The van der Waals surface area contributed by atoms with Crippen LogP contribution in [0.25, 0.3) is 0 Å². The highest BCUT2D eigenvalue weighted by Crippen LogP contribution is 2.53. The third-order valence-electron chi connectivity index (χ3n) is 7.58. The fourth-order valence-electron chi connectivity index (χ4n) is 5.96. The number of halogens is 1. The fourth-order valence-corrected chi connectivity index (χ4v) is 5.96. The van der Waals surface area contributed by atoms with E-state index >= 15 is 0 Å². The number of hydrogen-bond donors (Lipinski definition) is 2. The van der Waals surface area contributed by atoms with Gasteiger partial charge in [-0.3, -0.25) is 4.90 Å². The Morgan fingerprint density at radius 1 is 1.03 bits per heavy atom. The highest BCUT2D eigenvalue weighted by Gasteiger charge is 2.52. The Kier molecular flexibility index (Phi) is 6.00. The van der Waals surface area contributed by atoms with Crippen LogP contribution in [0.15, 0.2) is 72.8 Å². The van der Waals surface area contributed by atoms with Crippen molar-refractivity contribution in [1.82, 2.24) is 4.90 Å². The molecule has 3 aromatic rings. The van der Waals surface area contributed by atoms with Gasteiger partial charge in [-0.1, -0.05) is 55.5 Å². The molecule has 162 valence electrons.